The van der Waals surface area contributed by atoms with E-state index in [-0.39, 0.29) is 0 Å². The average molecular weight is 182 g/mol. The van der Waals surface area contributed by atoms with Crippen LogP contribution >= 0.6 is 0 Å². The van der Waals surface area contributed by atoms with Crippen LogP contribution in [-0.2, 0) is 0 Å². The molecule has 2 nitrogen and oxygen atoms in total. The lowest BCUT2D eigenvalue weighted by molar-refractivity contribution is 0.148. The Kier molecular flexibility index (Phi) is 3.37. The molecule has 0 aromatic carbocycles. The zero-order valence-electron chi connectivity index (χ0n) is 9.30. The van der Waals surface area contributed by atoms with E-state index in [4.69, 9.17) is 0 Å². The molecule has 0 bridgehead atoms. The molecule has 1 saturated heterocycles. The van der Waals surface area contributed by atoms with Gasteiger partial charge in [-0.1, -0.05) is 20.4 Å². The number of allylic oxidation sites excluding steroid dienone is 1. The zero-order chi connectivity index (χ0) is 10.0. The van der Waals surface area contributed by atoms with Gasteiger partial charge >= 0.3 is 0 Å². The molecule has 0 aromatic rings. The summed E-state index contributed by atoms with van der Waals surface area (Å²) in [6.07, 6.45) is 0. The Bertz CT molecular complexity index is 177. The van der Waals surface area contributed by atoms with Crippen molar-refractivity contribution in [2.24, 2.45) is 5.92 Å². The smallest absolute Gasteiger partial charge is 0.0386 e. The first kappa shape index (κ1) is 10.6. The minimum Gasteiger partial charge on any atom is -0.367 e. The van der Waals surface area contributed by atoms with Crippen LogP contribution in [-0.4, -0.2) is 30.1 Å². The molecule has 0 radical (unpaired) electrons. The van der Waals surface area contributed by atoms with Crippen LogP contribution in [0.2, 0.25) is 0 Å². The highest BCUT2D eigenvalue weighted by atomic mass is 15.2. The standard InChI is InChI=1S/C11H22N2/c1-8(2)11(5)13-9(3)6-12-7-10(13)4/h8-10,12H,5-7H2,1-4H3. The maximum absolute atomic E-state index is 4.18. The van der Waals surface area contributed by atoms with Gasteiger partial charge in [-0.15, -0.1) is 0 Å². The first-order valence-electron chi connectivity index (χ1n) is 5.22. The molecule has 0 saturated carbocycles. The lowest BCUT2D eigenvalue weighted by Crippen LogP contribution is -2.54. The third kappa shape index (κ3) is 2.25. The van der Waals surface area contributed by atoms with Crippen LogP contribution in [0.4, 0.5) is 0 Å². The molecular formula is C11H22N2. The molecule has 1 rings (SSSR count). The van der Waals surface area contributed by atoms with Gasteiger partial charge in [0, 0.05) is 30.9 Å². The maximum Gasteiger partial charge on any atom is 0.0386 e. The molecule has 1 fully saturated rings. The quantitative estimate of drug-likeness (QED) is 0.701. The minimum absolute atomic E-state index is 0.558. The fourth-order valence-electron chi connectivity index (χ4n) is 2.00. The van der Waals surface area contributed by atoms with Crippen LogP contribution in [0.15, 0.2) is 12.3 Å². The number of nitrogens with one attached hydrogen (secondary N) is 1. The Morgan fingerprint density at radius 2 is 1.77 bits per heavy atom. The van der Waals surface area contributed by atoms with Crippen molar-refractivity contribution in [1.82, 2.24) is 10.2 Å². The lowest BCUT2D eigenvalue weighted by atomic mass is 10.0. The Morgan fingerprint density at radius 3 is 2.15 bits per heavy atom. The number of piperazine rings is 1. The highest BCUT2D eigenvalue weighted by Crippen LogP contribution is 2.21. The van der Waals surface area contributed by atoms with Crippen molar-refractivity contribution >= 4 is 0 Å². The SMILES string of the molecule is C=C(C(C)C)N1C(C)CNCC1C. The Labute approximate surface area is 82.0 Å². The van der Waals surface area contributed by atoms with Crippen molar-refractivity contribution in [3.05, 3.63) is 12.3 Å². The van der Waals surface area contributed by atoms with E-state index in [9.17, 15) is 0 Å². The Morgan fingerprint density at radius 1 is 1.31 bits per heavy atom. The van der Waals surface area contributed by atoms with Crippen molar-refractivity contribution in [2.75, 3.05) is 13.1 Å². The Hall–Kier alpha value is -0.500. The van der Waals surface area contributed by atoms with E-state index in [1.807, 2.05) is 0 Å². The summed E-state index contributed by atoms with van der Waals surface area (Å²) < 4.78 is 0. The van der Waals surface area contributed by atoms with E-state index in [2.05, 4.69) is 44.5 Å². The van der Waals surface area contributed by atoms with Crippen LogP contribution in [0.25, 0.3) is 0 Å². The molecule has 2 heteroatoms. The van der Waals surface area contributed by atoms with E-state index >= 15 is 0 Å². The average Bonchev–Trinajstić information content (AvgIpc) is 2.03. The van der Waals surface area contributed by atoms with Crippen molar-refractivity contribution in [1.29, 1.82) is 0 Å². The van der Waals surface area contributed by atoms with Gasteiger partial charge < -0.3 is 10.2 Å². The molecular weight excluding hydrogens is 160 g/mol. The summed E-state index contributed by atoms with van der Waals surface area (Å²) in [6.45, 7) is 15.3. The third-order valence-electron chi connectivity index (χ3n) is 2.83. The van der Waals surface area contributed by atoms with Crippen LogP contribution in [0.5, 0.6) is 0 Å². The summed E-state index contributed by atoms with van der Waals surface area (Å²) in [6, 6.07) is 1.16. The van der Waals surface area contributed by atoms with Crippen LogP contribution in [0.1, 0.15) is 27.7 Å². The second kappa shape index (κ2) is 4.14. The molecule has 2 unspecified atom stereocenters. The topological polar surface area (TPSA) is 15.3 Å². The lowest BCUT2D eigenvalue weighted by Gasteiger charge is -2.43. The second-order valence-electron chi connectivity index (χ2n) is 4.41. The third-order valence-corrected chi connectivity index (χ3v) is 2.83. The summed E-state index contributed by atoms with van der Waals surface area (Å²) in [5, 5.41) is 3.43. The highest BCUT2D eigenvalue weighted by molar-refractivity contribution is 5.03. The van der Waals surface area contributed by atoms with Gasteiger partial charge in [-0.25, -0.2) is 0 Å². The van der Waals surface area contributed by atoms with E-state index in [0.29, 0.717) is 18.0 Å². The van der Waals surface area contributed by atoms with Gasteiger partial charge in [0.25, 0.3) is 0 Å². The summed E-state index contributed by atoms with van der Waals surface area (Å²) in [7, 11) is 0. The van der Waals surface area contributed by atoms with E-state index in [0.717, 1.165) is 13.1 Å². The predicted molar refractivity (Wildman–Crippen MR) is 57.6 cm³/mol. The van der Waals surface area contributed by atoms with Crippen LogP contribution in [0.3, 0.4) is 0 Å². The number of nitrogens with zero attached hydrogens (tertiary/aromatic N) is 1. The summed E-state index contributed by atoms with van der Waals surface area (Å²) in [5.74, 6) is 0.558. The zero-order valence-corrected chi connectivity index (χ0v) is 9.30. The van der Waals surface area contributed by atoms with Crippen LogP contribution < -0.4 is 5.32 Å². The van der Waals surface area contributed by atoms with Gasteiger partial charge in [-0.2, -0.15) is 0 Å². The predicted octanol–water partition coefficient (Wildman–Crippen LogP) is 1.84. The van der Waals surface area contributed by atoms with Gasteiger partial charge in [0.1, 0.15) is 0 Å². The normalized spacial score (nSPS) is 29.5. The van der Waals surface area contributed by atoms with E-state index < -0.39 is 0 Å². The summed E-state index contributed by atoms with van der Waals surface area (Å²) in [4.78, 5) is 2.46. The molecule has 13 heavy (non-hydrogen) atoms. The number of hydrogen-bond donors (Lipinski definition) is 1. The fourth-order valence-corrected chi connectivity index (χ4v) is 2.00. The fraction of sp³-hybridized carbons (Fsp3) is 0.818. The van der Waals surface area contributed by atoms with E-state index in [1.54, 1.807) is 0 Å². The number of hydrogen-bond acceptors (Lipinski definition) is 2. The van der Waals surface area contributed by atoms with Crippen molar-refractivity contribution in [2.45, 2.75) is 39.8 Å². The molecule has 1 aliphatic heterocycles. The molecule has 2 atom stereocenters. The van der Waals surface area contributed by atoms with Crippen molar-refractivity contribution < 1.29 is 0 Å². The Balaban J connectivity index is 2.68. The summed E-state index contributed by atoms with van der Waals surface area (Å²) in [5.41, 5.74) is 1.28. The minimum atomic E-state index is 0.558. The summed E-state index contributed by atoms with van der Waals surface area (Å²) >= 11 is 0. The largest absolute Gasteiger partial charge is 0.367 e. The molecule has 0 aliphatic carbocycles. The van der Waals surface area contributed by atoms with Gasteiger partial charge in [0.05, 0.1) is 0 Å². The number of rotatable bonds is 2. The van der Waals surface area contributed by atoms with E-state index in [1.165, 1.54) is 5.70 Å². The van der Waals surface area contributed by atoms with Gasteiger partial charge in [-0.05, 0) is 19.8 Å². The van der Waals surface area contributed by atoms with Crippen molar-refractivity contribution in [3.8, 4) is 0 Å². The molecule has 1 aliphatic rings. The maximum atomic E-state index is 4.18. The van der Waals surface area contributed by atoms with Gasteiger partial charge in [-0.3, -0.25) is 0 Å². The van der Waals surface area contributed by atoms with Gasteiger partial charge in [0.15, 0.2) is 0 Å². The first-order chi connectivity index (χ1) is 6.04. The second-order valence-corrected chi connectivity index (χ2v) is 4.41. The van der Waals surface area contributed by atoms with Crippen LogP contribution in [0, 0.1) is 5.92 Å². The molecule has 0 amide bonds. The monoisotopic (exact) mass is 182 g/mol. The molecule has 1 heterocycles. The molecule has 0 aromatic heterocycles. The van der Waals surface area contributed by atoms with Gasteiger partial charge in [0.2, 0.25) is 0 Å². The molecule has 1 N–H and O–H groups in total. The first-order valence-corrected chi connectivity index (χ1v) is 5.22. The molecule has 76 valence electrons. The van der Waals surface area contributed by atoms with Crippen molar-refractivity contribution in [3.63, 3.8) is 0 Å². The highest BCUT2D eigenvalue weighted by Gasteiger charge is 2.25. The molecule has 0 spiro atoms.